The van der Waals surface area contributed by atoms with Crippen LogP contribution in [0.1, 0.15) is 6.92 Å². The zero-order valence-electron chi connectivity index (χ0n) is 9.66. The molecule has 0 saturated heterocycles. The third-order valence-corrected chi connectivity index (χ3v) is 3.13. The highest BCUT2D eigenvalue weighted by molar-refractivity contribution is 7.98. The normalized spacial score (nSPS) is 14.4. The molecule has 1 atom stereocenters. The molecular formula is C11H19N3OS. The molecule has 0 fully saturated rings. The van der Waals surface area contributed by atoms with Crippen molar-refractivity contribution in [1.82, 2.24) is 0 Å². The summed E-state index contributed by atoms with van der Waals surface area (Å²) in [4.78, 5) is 0. The Bertz CT molecular complexity index is 355. The predicted molar refractivity (Wildman–Crippen MR) is 72.8 cm³/mol. The Balaban J connectivity index is 2.57. The summed E-state index contributed by atoms with van der Waals surface area (Å²) in [6, 6.07) is 5.37. The highest BCUT2D eigenvalue weighted by Gasteiger charge is 2.18. The molecule has 1 rings (SSSR count). The summed E-state index contributed by atoms with van der Waals surface area (Å²) in [5.41, 5.74) is 12.6. The second kappa shape index (κ2) is 5.32. The van der Waals surface area contributed by atoms with Gasteiger partial charge in [-0.1, -0.05) is 0 Å². The van der Waals surface area contributed by atoms with Gasteiger partial charge in [0.1, 0.15) is 0 Å². The molecule has 0 spiro atoms. The molecule has 0 aliphatic heterocycles. The maximum Gasteiger partial charge on any atom is 0.0880 e. The lowest BCUT2D eigenvalue weighted by molar-refractivity contribution is 0.0997. The lowest BCUT2D eigenvalue weighted by Gasteiger charge is -2.23. The molecule has 0 radical (unpaired) electrons. The Morgan fingerprint density at radius 2 is 2.06 bits per heavy atom. The Hall–Kier alpha value is -1.07. The monoisotopic (exact) mass is 241 g/mol. The van der Waals surface area contributed by atoms with E-state index < -0.39 is 5.60 Å². The number of benzene rings is 1. The number of rotatable bonds is 5. The summed E-state index contributed by atoms with van der Waals surface area (Å²) >= 11 is 1.61. The van der Waals surface area contributed by atoms with Crippen LogP contribution in [0.2, 0.25) is 0 Å². The van der Waals surface area contributed by atoms with Crippen LogP contribution in [0.5, 0.6) is 0 Å². The Morgan fingerprint density at radius 1 is 1.38 bits per heavy atom. The van der Waals surface area contributed by atoms with Crippen molar-refractivity contribution in [3.8, 4) is 0 Å². The number of hydrogen-bond donors (Lipinski definition) is 4. The maximum absolute atomic E-state index is 9.96. The Morgan fingerprint density at radius 3 is 2.62 bits per heavy atom. The van der Waals surface area contributed by atoms with E-state index in [0.29, 0.717) is 23.7 Å². The van der Waals surface area contributed by atoms with Gasteiger partial charge in [0.2, 0.25) is 0 Å². The summed E-state index contributed by atoms with van der Waals surface area (Å²) in [7, 11) is 0. The third kappa shape index (κ3) is 3.83. The minimum absolute atomic E-state index is 0.483. The van der Waals surface area contributed by atoms with E-state index in [1.807, 2.05) is 12.3 Å². The van der Waals surface area contributed by atoms with E-state index >= 15 is 0 Å². The number of hydrogen-bond acceptors (Lipinski definition) is 5. The minimum atomic E-state index is -0.727. The van der Waals surface area contributed by atoms with E-state index in [2.05, 4.69) is 5.32 Å². The van der Waals surface area contributed by atoms with Crippen molar-refractivity contribution >= 4 is 28.8 Å². The van der Waals surface area contributed by atoms with Gasteiger partial charge in [0.15, 0.2) is 0 Å². The van der Waals surface area contributed by atoms with Crippen LogP contribution in [0.15, 0.2) is 18.2 Å². The lowest BCUT2D eigenvalue weighted by atomic mass is 10.1. The van der Waals surface area contributed by atoms with Crippen molar-refractivity contribution in [2.24, 2.45) is 0 Å². The summed E-state index contributed by atoms with van der Waals surface area (Å²) in [5.74, 6) is 0.685. The van der Waals surface area contributed by atoms with Crippen molar-refractivity contribution in [2.45, 2.75) is 12.5 Å². The molecule has 0 bridgehead atoms. The van der Waals surface area contributed by atoms with Gasteiger partial charge >= 0.3 is 0 Å². The smallest absolute Gasteiger partial charge is 0.0880 e. The number of aliphatic hydroxyl groups is 1. The third-order valence-electron chi connectivity index (χ3n) is 2.22. The Labute approximate surface area is 100 Å². The van der Waals surface area contributed by atoms with Crippen LogP contribution in [0.4, 0.5) is 17.1 Å². The first-order valence-corrected chi connectivity index (χ1v) is 6.44. The average Bonchev–Trinajstić information content (AvgIpc) is 2.20. The topological polar surface area (TPSA) is 84.3 Å². The first kappa shape index (κ1) is 13.0. The van der Waals surface area contributed by atoms with Crippen molar-refractivity contribution < 1.29 is 5.11 Å². The zero-order valence-corrected chi connectivity index (χ0v) is 10.5. The van der Waals surface area contributed by atoms with E-state index in [9.17, 15) is 5.11 Å². The summed E-state index contributed by atoms with van der Waals surface area (Å²) in [6.07, 6.45) is 1.97. The summed E-state index contributed by atoms with van der Waals surface area (Å²) in [6.45, 7) is 2.29. The molecule has 6 N–H and O–H groups in total. The first-order chi connectivity index (χ1) is 7.44. The molecule has 1 unspecified atom stereocenters. The highest BCUT2D eigenvalue weighted by atomic mass is 32.2. The quantitative estimate of drug-likeness (QED) is 0.585. The fraction of sp³-hybridized carbons (Fsp3) is 0.455. The van der Waals surface area contributed by atoms with E-state index in [4.69, 9.17) is 11.5 Å². The van der Waals surface area contributed by atoms with Crippen LogP contribution in [0, 0.1) is 0 Å². The van der Waals surface area contributed by atoms with E-state index in [-0.39, 0.29) is 0 Å². The standard InChI is InChI=1S/C11H19N3OS/c1-11(15,7-16-2)6-14-8-3-4-9(12)10(13)5-8/h3-5,14-15H,6-7,12-13H2,1-2H3. The van der Waals surface area contributed by atoms with Gasteiger partial charge in [-0.15, -0.1) is 0 Å². The van der Waals surface area contributed by atoms with E-state index in [1.54, 1.807) is 30.8 Å². The minimum Gasteiger partial charge on any atom is -0.397 e. The lowest BCUT2D eigenvalue weighted by Crippen LogP contribution is -2.36. The fourth-order valence-electron chi connectivity index (χ4n) is 1.34. The van der Waals surface area contributed by atoms with Gasteiger partial charge in [0.25, 0.3) is 0 Å². The van der Waals surface area contributed by atoms with Gasteiger partial charge in [-0.05, 0) is 31.4 Å². The molecule has 1 aromatic carbocycles. The van der Waals surface area contributed by atoms with Crippen LogP contribution in [0.3, 0.4) is 0 Å². The van der Waals surface area contributed by atoms with Gasteiger partial charge in [0, 0.05) is 18.0 Å². The Kier molecular flexibility index (Phi) is 4.32. The molecule has 0 aromatic heterocycles. The van der Waals surface area contributed by atoms with Crippen molar-refractivity contribution in [2.75, 3.05) is 35.3 Å². The van der Waals surface area contributed by atoms with Crippen LogP contribution < -0.4 is 16.8 Å². The average molecular weight is 241 g/mol. The van der Waals surface area contributed by atoms with Crippen molar-refractivity contribution in [1.29, 1.82) is 0 Å². The molecule has 5 heteroatoms. The predicted octanol–water partition coefficient (Wildman–Crippen LogP) is 1.38. The molecule has 0 amide bonds. The van der Waals surface area contributed by atoms with Crippen LogP contribution in [-0.2, 0) is 0 Å². The summed E-state index contributed by atoms with van der Waals surface area (Å²) < 4.78 is 0. The molecule has 16 heavy (non-hydrogen) atoms. The van der Waals surface area contributed by atoms with Gasteiger partial charge in [0.05, 0.1) is 17.0 Å². The second-order valence-corrected chi connectivity index (χ2v) is 4.99. The van der Waals surface area contributed by atoms with Gasteiger partial charge in [-0.3, -0.25) is 0 Å². The number of anilines is 3. The molecule has 90 valence electrons. The molecular weight excluding hydrogens is 222 g/mol. The number of nitrogens with two attached hydrogens (primary N) is 2. The van der Waals surface area contributed by atoms with Gasteiger partial charge in [-0.25, -0.2) is 0 Å². The van der Waals surface area contributed by atoms with Crippen LogP contribution >= 0.6 is 11.8 Å². The summed E-state index contributed by atoms with van der Waals surface area (Å²) in [5, 5.41) is 13.1. The molecule has 0 heterocycles. The molecule has 4 nitrogen and oxygen atoms in total. The van der Waals surface area contributed by atoms with Gasteiger partial charge in [-0.2, -0.15) is 11.8 Å². The van der Waals surface area contributed by atoms with E-state index in [0.717, 1.165) is 5.69 Å². The van der Waals surface area contributed by atoms with E-state index in [1.165, 1.54) is 0 Å². The first-order valence-electron chi connectivity index (χ1n) is 5.05. The largest absolute Gasteiger partial charge is 0.397 e. The van der Waals surface area contributed by atoms with Crippen LogP contribution in [0.25, 0.3) is 0 Å². The van der Waals surface area contributed by atoms with Gasteiger partial charge < -0.3 is 21.9 Å². The molecule has 0 saturated carbocycles. The maximum atomic E-state index is 9.96. The SMILES string of the molecule is CSCC(C)(O)CNc1ccc(N)c(N)c1. The van der Waals surface area contributed by atoms with Crippen LogP contribution in [-0.4, -0.2) is 29.3 Å². The van der Waals surface area contributed by atoms with Crippen molar-refractivity contribution in [3.05, 3.63) is 18.2 Å². The zero-order chi connectivity index (χ0) is 12.2. The molecule has 1 aromatic rings. The van der Waals surface area contributed by atoms with Crippen molar-refractivity contribution in [3.63, 3.8) is 0 Å². The highest BCUT2D eigenvalue weighted by Crippen LogP contribution is 2.20. The second-order valence-electron chi connectivity index (χ2n) is 4.13. The number of nitrogen functional groups attached to an aromatic ring is 2. The number of nitrogens with one attached hydrogen (secondary N) is 1. The number of thioether (sulfide) groups is 1. The fourth-order valence-corrected chi connectivity index (χ4v) is 2.06. The molecule has 0 aliphatic rings. The molecule has 0 aliphatic carbocycles.